The first-order valence-corrected chi connectivity index (χ1v) is 11.0. The smallest absolute Gasteiger partial charge is 0.253 e. The Balaban J connectivity index is 1.45. The SMILES string of the molecule is O=C(c1ccc(N2CCCC2=O)cc1)N1CCC(S(=O)(=O)c2ccccc2)C1. The van der Waals surface area contributed by atoms with E-state index in [9.17, 15) is 18.0 Å². The Morgan fingerprint density at radius 3 is 2.32 bits per heavy atom. The van der Waals surface area contributed by atoms with Crippen molar-refractivity contribution >= 4 is 27.3 Å². The summed E-state index contributed by atoms with van der Waals surface area (Å²) in [5.41, 5.74) is 1.30. The maximum absolute atomic E-state index is 12.8. The van der Waals surface area contributed by atoms with Gasteiger partial charge in [0, 0.05) is 37.3 Å². The molecule has 7 heteroatoms. The van der Waals surface area contributed by atoms with Gasteiger partial charge >= 0.3 is 0 Å². The minimum atomic E-state index is -3.45. The molecule has 4 rings (SSSR count). The van der Waals surface area contributed by atoms with Crippen molar-refractivity contribution in [1.29, 1.82) is 0 Å². The molecule has 0 N–H and O–H groups in total. The third-order valence-corrected chi connectivity index (χ3v) is 7.63. The molecular formula is C21H22N2O4S. The number of hydrogen-bond acceptors (Lipinski definition) is 4. The summed E-state index contributed by atoms with van der Waals surface area (Å²) < 4.78 is 25.6. The molecule has 2 aliphatic heterocycles. The number of carbonyl (C=O) groups is 2. The van der Waals surface area contributed by atoms with E-state index < -0.39 is 15.1 Å². The molecule has 0 radical (unpaired) electrons. The lowest BCUT2D eigenvalue weighted by Gasteiger charge is -2.19. The highest BCUT2D eigenvalue weighted by atomic mass is 32.2. The lowest BCUT2D eigenvalue weighted by atomic mass is 10.1. The fourth-order valence-corrected chi connectivity index (χ4v) is 5.57. The van der Waals surface area contributed by atoms with Crippen LogP contribution < -0.4 is 4.90 Å². The molecule has 6 nitrogen and oxygen atoms in total. The number of carbonyl (C=O) groups excluding carboxylic acids is 2. The lowest BCUT2D eigenvalue weighted by Crippen LogP contribution is -2.32. The molecule has 28 heavy (non-hydrogen) atoms. The second-order valence-corrected chi connectivity index (χ2v) is 9.44. The molecule has 2 amide bonds. The second kappa shape index (κ2) is 7.39. The zero-order chi connectivity index (χ0) is 19.7. The molecule has 0 saturated carbocycles. The second-order valence-electron chi connectivity index (χ2n) is 7.22. The van der Waals surface area contributed by atoms with Crippen molar-refractivity contribution in [3.63, 3.8) is 0 Å². The van der Waals surface area contributed by atoms with Crippen LogP contribution in [0.2, 0.25) is 0 Å². The van der Waals surface area contributed by atoms with E-state index in [0.717, 1.165) is 12.1 Å². The van der Waals surface area contributed by atoms with E-state index >= 15 is 0 Å². The van der Waals surface area contributed by atoms with Crippen molar-refractivity contribution < 1.29 is 18.0 Å². The van der Waals surface area contributed by atoms with Crippen molar-refractivity contribution in [3.05, 3.63) is 60.2 Å². The third kappa shape index (κ3) is 3.42. The molecule has 1 atom stereocenters. The Kier molecular flexibility index (Phi) is 4.93. The number of likely N-dealkylation sites (tertiary alicyclic amines) is 1. The number of benzene rings is 2. The van der Waals surface area contributed by atoms with Gasteiger partial charge in [-0.25, -0.2) is 8.42 Å². The van der Waals surface area contributed by atoms with Gasteiger partial charge in [0.2, 0.25) is 5.91 Å². The topological polar surface area (TPSA) is 74.8 Å². The number of amides is 2. The number of hydrogen-bond donors (Lipinski definition) is 0. The summed E-state index contributed by atoms with van der Waals surface area (Å²) in [6.45, 7) is 1.32. The summed E-state index contributed by atoms with van der Waals surface area (Å²) in [6, 6.07) is 15.4. The molecule has 2 aliphatic rings. The summed E-state index contributed by atoms with van der Waals surface area (Å²) in [4.78, 5) is 28.3. The van der Waals surface area contributed by atoms with Gasteiger partial charge in [-0.1, -0.05) is 18.2 Å². The van der Waals surface area contributed by atoms with E-state index in [0.29, 0.717) is 36.4 Å². The maximum atomic E-state index is 12.8. The molecule has 1 unspecified atom stereocenters. The number of nitrogens with zero attached hydrogens (tertiary/aromatic N) is 2. The Hall–Kier alpha value is -2.67. The molecule has 2 aromatic carbocycles. The van der Waals surface area contributed by atoms with Gasteiger partial charge in [0.25, 0.3) is 5.91 Å². The predicted molar refractivity (Wildman–Crippen MR) is 106 cm³/mol. The fraction of sp³-hybridized carbons (Fsp3) is 0.333. The summed E-state index contributed by atoms with van der Waals surface area (Å²) >= 11 is 0. The van der Waals surface area contributed by atoms with Crippen molar-refractivity contribution in [1.82, 2.24) is 4.90 Å². The molecule has 2 saturated heterocycles. The molecule has 0 aromatic heterocycles. The summed E-state index contributed by atoms with van der Waals surface area (Å²) in [5.74, 6) is -0.0716. The van der Waals surface area contributed by atoms with Crippen molar-refractivity contribution in [2.24, 2.45) is 0 Å². The quantitative estimate of drug-likeness (QED) is 0.793. The molecule has 0 aliphatic carbocycles. The monoisotopic (exact) mass is 398 g/mol. The average Bonchev–Trinajstić information content (AvgIpc) is 3.38. The van der Waals surface area contributed by atoms with E-state index in [-0.39, 0.29) is 18.4 Å². The Labute approximate surface area is 164 Å². The number of rotatable bonds is 4. The van der Waals surface area contributed by atoms with Crippen molar-refractivity contribution in [2.45, 2.75) is 29.4 Å². The summed E-state index contributed by atoms with van der Waals surface area (Å²) in [6.07, 6.45) is 1.85. The van der Waals surface area contributed by atoms with Crippen molar-refractivity contribution in [3.8, 4) is 0 Å². The van der Waals surface area contributed by atoms with Gasteiger partial charge in [0.1, 0.15) is 0 Å². The summed E-state index contributed by atoms with van der Waals surface area (Å²) in [7, 11) is -3.45. The third-order valence-electron chi connectivity index (χ3n) is 5.44. The highest BCUT2D eigenvalue weighted by Crippen LogP contribution is 2.26. The van der Waals surface area contributed by atoms with Crippen LogP contribution in [0.5, 0.6) is 0 Å². The van der Waals surface area contributed by atoms with Crippen LogP contribution in [-0.2, 0) is 14.6 Å². The Bertz CT molecular complexity index is 987. The highest BCUT2D eigenvalue weighted by Gasteiger charge is 2.36. The van der Waals surface area contributed by atoms with Gasteiger partial charge in [-0.05, 0) is 49.2 Å². The molecule has 2 fully saturated rings. The van der Waals surface area contributed by atoms with Crippen LogP contribution in [0.3, 0.4) is 0 Å². The largest absolute Gasteiger partial charge is 0.337 e. The lowest BCUT2D eigenvalue weighted by molar-refractivity contribution is -0.117. The maximum Gasteiger partial charge on any atom is 0.253 e. The molecule has 2 heterocycles. The zero-order valence-electron chi connectivity index (χ0n) is 15.5. The van der Waals surface area contributed by atoms with Crippen LogP contribution in [0.25, 0.3) is 0 Å². The van der Waals surface area contributed by atoms with Crippen LogP contribution in [0.1, 0.15) is 29.6 Å². The normalized spacial score (nSPS) is 20.0. The van der Waals surface area contributed by atoms with Gasteiger partial charge in [0.05, 0.1) is 10.1 Å². The predicted octanol–water partition coefficient (Wildman–Crippen LogP) is 2.50. The molecule has 146 valence electrons. The van der Waals surface area contributed by atoms with Crippen LogP contribution in [0.15, 0.2) is 59.5 Å². The summed E-state index contributed by atoms with van der Waals surface area (Å²) in [5, 5.41) is -0.583. The van der Waals surface area contributed by atoms with E-state index in [1.54, 1.807) is 64.4 Å². The van der Waals surface area contributed by atoms with E-state index in [1.165, 1.54) is 0 Å². The van der Waals surface area contributed by atoms with E-state index in [1.807, 2.05) is 0 Å². The van der Waals surface area contributed by atoms with Gasteiger partial charge in [-0.3, -0.25) is 9.59 Å². The molecule has 0 bridgehead atoms. The zero-order valence-corrected chi connectivity index (χ0v) is 16.3. The van der Waals surface area contributed by atoms with Crippen LogP contribution in [0, 0.1) is 0 Å². The number of sulfone groups is 1. The minimum absolute atomic E-state index is 0.104. The average molecular weight is 398 g/mol. The first-order valence-electron chi connectivity index (χ1n) is 9.45. The van der Waals surface area contributed by atoms with Gasteiger partial charge in [-0.15, -0.1) is 0 Å². The number of anilines is 1. The molecular weight excluding hydrogens is 376 g/mol. The first kappa shape index (κ1) is 18.7. The van der Waals surface area contributed by atoms with E-state index in [4.69, 9.17) is 0 Å². The minimum Gasteiger partial charge on any atom is -0.337 e. The van der Waals surface area contributed by atoms with Crippen molar-refractivity contribution in [2.75, 3.05) is 24.5 Å². The van der Waals surface area contributed by atoms with E-state index in [2.05, 4.69) is 0 Å². The molecule has 2 aromatic rings. The first-order chi connectivity index (χ1) is 13.5. The van der Waals surface area contributed by atoms with Crippen LogP contribution in [0.4, 0.5) is 5.69 Å². The van der Waals surface area contributed by atoms with Gasteiger partial charge in [-0.2, -0.15) is 0 Å². The van der Waals surface area contributed by atoms with Gasteiger partial charge < -0.3 is 9.80 Å². The van der Waals surface area contributed by atoms with Gasteiger partial charge in [0.15, 0.2) is 9.84 Å². The van der Waals surface area contributed by atoms with Crippen LogP contribution in [-0.4, -0.2) is 50.0 Å². The Morgan fingerprint density at radius 1 is 0.964 bits per heavy atom. The standard InChI is InChI=1S/C21H22N2O4S/c24-20-7-4-13-23(20)17-10-8-16(9-11-17)21(25)22-14-12-19(15-22)28(26,27)18-5-2-1-3-6-18/h1-3,5-6,8-11,19H,4,7,12-15H2. The highest BCUT2D eigenvalue weighted by molar-refractivity contribution is 7.92. The fourth-order valence-electron chi connectivity index (χ4n) is 3.86. The molecule has 0 spiro atoms. The van der Waals surface area contributed by atoms with Crippen LogP contribution >= 0.6 is 0 Å². The Morgan fingerprint density at radius 2 is 1.68 bits per heavy atom.